The smallest absolute Gasteiger partial charge is 0.164 e. The van der Waals surface area contributed by atoms with E-state index < -0.39 is 0 Å². The normalized spacial score (nSPS) is 11.4. The Morgan fingerprint density at radius 2 is 0.558 bits per heavy atom. The van der Waals surface area contributed by atoms with Gasteiger partial charge in [0, 0.05) is 99.0 Å². The molecule has 104 heavy (non-hydrogen) atoms. The van der Waals surface area contributed by atoms with E-state index in [0.717, 1.165) is 144 Å². The lowest BCUT2D eigenvalue weighted by Gasteiger charge is -2.11. The summed E-state index contributed by atoms with van der Waals surface area (Å²) < 4.78 is 17.4. The zero-order chi connectivity index (χ0) is 69.2. The summed E-state index contributed by atoms with van der Waals surface area (Å²) in [5, 5.41) is 28.2. The molecule has 20 rings (SSSR count). The fourth-order valence-electron chi connectivity index (χ4n) is 14.4. The number of nitriles is 2. The van der Waals surface area contributed by atoms with E-state index in [2.05, 4.69) is 185 Å². The van der Waals surface area contributed by atoms with Crippen LogP contribution >= 0.6 is 0 Å². The lowest BCUT2D eigenvalue weighted by atomic mass is 10.00. The first-order valence-corrected chi connectivity index (χ1v) is 34.2. The molecule has 0 saturated heterocycles. The molecule has 484 valence electrons. The Kier molecular flexibility index (Phi) is 14.7. The number of fused-ring (bicyclic) bond motifs is 12. The third-order valence-electron chi connectivity index (χ3n) is 19.4. The van der Waals surface area contributed by atoms with Gasteiger partial charge in [0.05, 0.1) is 45.3 Å². The summed E-state index contributed by atoms with van der Waals surface area (Å²) in [5.41, 5.74) is 20.5. The van der Waals surface area contributed by atoms with Gasteiger partial charge in [-0.15, -0.1) is 0 Å². The van der Waals surface area contributed by atoms with Crippen molar-refractivity contribution in [2.45, 2.75) is 0 Å². The molecule has 0 aliphatic heterocycles. The number of nitrogens with zero attached hydrogens (tertiary/aromatic N) is 10. The third-order valence-corrected chi connectivity index (χ3v) is 19.4. The highest BCUT2D eigenvalue weighted by atomic mass is 16.3. The second-order valence-electron chi connectivity index (χ2n) is 25.6. The number of aromatic nitrogens is 8. The van der Waals surface area contributed by atoms with Crippen LogP contribution in [0.25, 0.3) is 189 Å². The third kappa shape index (κ3) is 10.6. The van der Waals surface area contributed by atoms with Crippen molar-refractivity contribution in [2.24, 2.45) is 0 Å². The van der Waals surface area contributed by atoms with E-state index in [-0.39, 0.29) is 0 Å². The van der Waals surface area contributed by atoms with Crippen LogP contribution in [-0.2, 0) is 0 Å². The maximum absolute atomic E-state index is 9.85. The summed E-state index contributed by atoms with van der Waals surface area (Å²) in [4.78, 5) is 29.3. The number of para-hydroxylation sites is 5. The van der Waals surface area contributed by atoms with Crippen molar-refractivity contribution >= 4 is 87.5 Å². The number of furan rings is 2. The van der Waals surface area contributed by atoms with E-state index in [9.17, 15) is 10.5 Å². The Labute approximate surface area is 595 Å². The molecule has 0 N–H and O–H groups in total. The van der Waals surface area contributed by atoms with Gasteiger partial charge in [0.1, 0.15) is 22.3 Å². The van der Waals surface area contributed by atoms with Crippen molar-refractivity contribution in [2.75, 3.05) is 0 Å². The van der Waals surface area contributed by atoms with Crippen molar-refractivity contribution in [3.63, 3.8) is 0 Å². The lowest BCUT2D eigenvalue weighted by Crippen LogP contribution is -2.00. The van der Waals surface area contributed by atoms with Crippen LogP contribution in [0.3, 0.4) is 0 Å². The molecule has 12 nitrogen and oxygen atoms in total. The molecule has 0 unspecified atom stereocenters. The number of rotatable bonds is 10. The van der Waals surface area contributed by atoms with Crippen LogP contribution in [0.1, 0.15) is 11.1 Å². The minimum Gasteiger partial charge on any atom is -0.455 e. The Morgan fingerprint density at radius 3 is 1.02 bits per heavy atom. The molecule has 12 heteroatoms. The van der Waals surface area contributed by atoms with Crippen molar-refractivity contribution in [3.05, 3.63) is 339 Å². The van der Waals surface area contributed by atoms with Crippen molar-refractivity contribution < 1.29 is 8.83 Å². The molecular formula is C92H54N10O2. The average molecular weight is 1330 g/mol. The fraction of sp³-hybridized carbons (Fsp3) is 0. The molecule has 20 aromatic rings. The quantitative estimate of drug-likeness (QED) is 0.129. The molecule has 6 heterocycles. The first-order chi connectivity index (χ1) is 51.4. The van der Waals surface area contributed by atoms with E-state index in [4.69, 9.17) is 38.7 Å². The number of hydrogen-bond acceptors (Lipinski definition) is 10. The SMILES string of the molecule is N#Cc1ccc2c(c1)c1cc(-c3cccc4c3oc3ccccc34)ccc1n2-c1ccc(-c2nc(-c3ccccc3)nc(-c3ccccc3)n2)cc1.N#Cc1cccc(-c2nc(-c3ccccc3)nc(-c3ccc(-n4c5ccccc5c5cc(-c6cccc7c6oc6ccccc67)ccc54)cc3)n2)c1. The largest absolute Gasteiger partial charge is 0.455 e. The predicted molar refractivity (Wildman–Crippen MR) is 416 cm³/mol. The highest BCUT2D eigenvalue weighted by molar-refractivity contribution is 6.15. The number of benzene rings is 14. The van der Waals surface area contributed by atoms with Crippen LogP contribution in [0.5, 0.6) is 0 Å². The zero-order valence-electron chi connectivity index (χ0n) is 55.5. The van der Waals surface area contributed by atoms with Gasteiger partial charge in [0.2, 0.25) is 0 Å². The summed E-state index contributed by atoms with van der Waals surface area (Å²) in [5.74, 6) is 3.50. The number of hydrogen-bond donors (Lipinski definition) is 0. The van der Waals surface area contributed by atoms with E-state index in [1.165, 1.54) is 10.8 Å². The van der Waals surface area contributed by atoms with Crippen LogP contribution < -0.4 is 0 Å². The molecule has 0 spiro atoms. The summed E-state index contributed by atoms with van der Waals surface area (Å²) in [6, 6.07) is 115. The van der Waals surface area contributed by atoms with Crippen LogP contribution in [0.2, 0.25) is 0 Å². The Morgan fingerprint density at radius 1 is 0.231 bits per heavy atom. The maximum atomic E-state index is 9.85. The molecule has 0 atom stereocenters. The van der Waals surface area contributed by atoms with E-state index >= 15 is 0 Å². The summed E-state index contributed by atoms with van der Waals surface area (Å²) in [7, 11) is 0. The van der Waals surface area contributed by atoms with Gasteiger partial charge in [0.15, 0.2) is 34.9 Å². The van der Waals surface area contributed by atoms with Gasteiger partial charge in [0.25, 0.3) is 0 Å². The topological polar surface area (TPSA) is 161 Å². The summed E-state index contributed by atoms with van der Waals surface area (Å²) in [6.45, 7) is 0. The second-order valence-corrected chi connectivity index (χ2v) is 25.6. The van der Waals surface area contributed by atoms with Crippen molar-refractivity contribution in [1.82, 2.24) is 39.0 Å². The molecule has 0 saturated carbocycles. The average Bonchev–Trinajstić information content (AvgIpc) is 1.58. The molecule has 0 radical (unpaired) electrons. The summed E-state index contributed by atoms with van der Waals surface area (Å²) >= 11 is 0. The van der Waals surface area contributed by atoms with Crippen LogP contribution in [0.4, 0.5) is 0 Å². The van der Waals surface area contributed by atoms with E-state index in [1.54, 1.807) is 6.07 Å². The van der Waals surface area contributed by atoms with E-state index in [0.29, 0.717) is 46.1 Å². The molecular weight excluding hydrogens is 1280 g/mol. The van der Waals surface area contributed by atoms with Crippen LogP contribution in [-0.4, -0.2) is 39.0 Å². The molecule has 6 aromatic heterocycles. The van der Waals surface area contributed by atoms with Gasteiger partial charge in [-0.1, -0.05) is 206 Å². The molecule has 0 amide bonds. The first-order valence-electron chi connectivity index (χ1n) is 34.2. The van der Waals surface area contributed by atoms with Gasteiger partial charge in [-0.2, -0.15) is 10.5 Å². The molecule has 14 aromatic carbocycles. The Balaban J connectivity index is 0.000000143. The maximum Gasteiger partial charge on any atom is 0.164 e. The van der Waals surface area contributed by atoms with Crippen molar-refractivity contribution in [1.29, 1.82) is 10.5 Å². The predicted octanol–water partition coefficient (Wildman–Crippen LogP) is 22.8. The summed E-state index contributed by atoms with van der Waals surface area (Å²) in [6.07, 6.45) is 0. The second kappa shape index (κ2) is 25.2. The Hall–Kier alpha value is -14.7. The van der Waals surface area contributed by atoms with Crippen LogP contribution in [0.15, 0.2) is 336 Å². The molecule has 0 aliphatic carbocycles. The Bertz CT molecular complexity index is 6810. The lowest BCUT2D eigenvalue weighted by molar-refractivity contribution is 0.669. The fourth-order valence-corrected chi connectivity index (χ4v) is 14.4. The zero-order valence-corrected chi connectivity index (χ0v) is 55.5. The first kappa shape index (κ1) is 60.5. The van der Waals surface area contributed by atoms with Crippen molar-refractivity contribution in [3.8, 4) is 114 Å². The minimum atomic E-state index is 0.515. The van der Waals surface area contributed by atoms with Gasteiger partial charge in [-0.25, -0.2) is 29.9 Å². The van der Waals surface area contributed by atoms with E-state index in [1.807, 2.05) is 158 Å². The standard InChI is InChI=1S/2C46H27N5O/c47-28-29-18-24-40-38(26-29)39-27-33(35-15-9-16-37-36-14-7-8-17-42(36)52-43(35)37)21-25-41(39)51(40)34-22-19-32(20-23-34)46-49-44(30-10-3-1-4-11-30)48-45(50-46)31-12-5-2-6-13-31;47-28-29-10-8-13-33(26-29)46-49-44(30-11-2-1-3-12-30)48-45(50-46)31-20-23-34(24-21-31)51-40-18-6-4-14-36(40)39-27-32(22-25-41(39)51)35-16-9-17-38-37-15-5-7-19-42(37)52-43(35)38/h2*1-27H. The molecule has 0 bridgehead atoms. The van der Waals surface area contributed by atoms with Gasteiger partial charge < -0.3 is 18.0 Å². The molecule has 0 aliphatic rings. The van der Waals surface area contributed by atoms with Crippen LogP contribution in [0, 0.1) is 22.7 Å². The minimum absolute atomic E-state index is 0.515. The van der Waals surface area contributed by atoms with Gasteiger partial charge in [-0.3, -0.25) is 0 Å². The highest BCUT2D eigenvalue weighted by Gasteiger charge is 2.22. The van der Waals surface area contributed by atoms with Gasteiger partial charge >= 0.3 is 0 Å². The highest BCUT2D eigenvalue weighted by Crippen LogP contribution is 2.43. The monoisotopic (exact) mass is 1330 g/mol. The molecule has 0 fully saturated rings. The van der Waals surface area contributed by atoms with Gasteiger partial charge in [-0.05, 0) is 132 Å².